The van der Waals surface area contributed by atoms with Gasteiger partial charge in [0.25, 0.3) is 14.0 Å². The van der Waals surface area contributed by atoms with Crippen molar-refractivity contribution in [1.29, 1.82) is 0 Å². The van der Waals surface area contributed by atoms with Crippen molar-refractivity contribution < 1.29 is 37.8 Å². The van der Waals surface area contributed by atoms with Crippen LogP contribution in [0.15, 0.2) is 84.9 Å². The first-order valence-electron chi connectivity index (χ1n) is 15.4. The second-order valence-electron chi connectivity index (χ2n) is 11.2. The van der Waals surface area contributed by atoms with Crippen LogP contribution in [0.2, 0.25) is 5.04 Å². The number of nitro groups is 1. The zero-order valence-corrected chi connectivity index (χ0v) is 27.7. The van der Waals surface area contributed by atoms with E-state index in [9.17, 15) is 10.1 Å². The Balaban J connectivity index is 1.16. The van der Waals surface area contributed by atoms with Crippen LogP contribution in [-0.4, -0.2) is 92.5 Å². The number of hydrogen-bond donors (Lipinski definition) is 0. The average Bonchev–Trinajstić information content (AvgIpc) is 3.04. The Morgan fingerprint density at radius 2 is 0.933 bits per heavy atom. The van der Waals surface area contributed by atoms with E-state index in [1.54, 1.807) is 12.1 Å². The lowest BCUT2D eigenvalue weighted by molar-refractivity contribution is -0.384. The van der Waals surface area contributed by atoms with Crippen molar-refractivity contribution in [3.05, 3.63) is 95.0 Å². The summed E-state index contributed by atoms with van der Waals surface area (Å²) in [6, 6.07) is 27.1. The number of rotatable bonds is 23. The van der Waals surface area contributed by atoms with Gasteiger partial charge in [-0.25, -0.2) is 0 Å². The van der Waals surface area contributed by atoms with Crippen molar-refractivity contribution in [3.8, 4) is 5.75 Å². The Kier molecular flexibility index (Phi) is 16.2. The van der Waals surface area contributed by atoms with E-state index in [-0.39, 0.29) is 10.7 Å². The zero-order chi connectivity index (χ0) is 32.2. The van der Waals surface area contributed by atoms with Gasteiger partial charge in [-0.2, -0.15) is 0 Å². The lowest BCUT2D eigenvalue weighted by Crippen LogP contribution is -2.66. The van der Waals surface area contributed by atoms with E-state index in [1.165, 1.54) is 22.5 Å². The summed E-state index contributed by atoms with van der Waals surface area (Å²) in [5, 5.41) is 13.1. The third-order valence-electron chi connectivity index (χ3n) is 7.00. The molecule has 0 N–H and O–H groups in total. The van der Waals surface area contributed by atoms with Crippen LogP contribution in [0.3, 0.4) is 0 Å². The SMILES string of the molecule is CC(C)(C)[Si](OCCOCCOCCOCCOCCOCCOc1ccc([N+](=O)[O-])cc1)(c1ccccc1)c1ccccc1. The first kappa shape index (κ1) is 36.3. The molecule has 0 aliphatic rings. The highest BCUT2D eigenvalue weighted by atomic mass is 28.4. The van der Waals surface area contributed by atoms with E-state index in [0.29, 0.717) is 85.0 Å². The van der Waals surface area contributed by atoms with Gasteiger partial charge in [0.05, 0.1) is 77.6 Å². The fraction of sp³-hybridized carbons (Fsp3) is 0.471. The molecule has 11 heteroatoms. The number of nitrogens with zero attached hydrogens (tertiary/aromatic N) is 1. The molecule has 10 nitrogen and oxygen atoms in total. The van der Waals surface area contributed by atoms with Crippen LogP contribution in [0.5, 0.6) is 5.75 Å². The molecule has 246 valence electrons. The molecule has 3 aromatic rings. The monoisotopic (exact) mass is 641 g/mol. The lowest BCUT2D eigenvalue weighted by atomic mass is 10.2. The van der Waals surface area contributed by atoms with Gasteiger partial charge in [0.1, 0.15) is 12.4 Å². The molecule has 0 saturated carbocycles. The predicted molar refractivity (Wildman–Crippen MR) is 176 cm³/mol. The van der Waals surface area contributed by atoms with Gasteiger partial charge in [-0.05, 0) is 27.5 Å². The molecule has 0 aliphatic carbocycles. The van der Waals surface area contributed by atoms with Gasteiger partial charge in [0.2, 0.25) is 0 Å². The molecule has 0 aromatic heterocycles. The summed E-state index contributed by atoms with van der Waals surface area (Å²) in [6.45, 7) is 12.3. The Bertz CT molecular complexity index is 1170. The molecule has 3 rings (SSSR count). The van der Waals surface area contributed by atoms with Crippen molar-refractivity contribution in [2.24, 2.45) is 0 Å². The average molecular weight is 642 g/mol. The summed E-state index contributed by atoms with van der Waals surface area (Å²) in [4.78, 5) is 10.2. The minimum Gasteiger partial charge on any atom is -0.491 e. The van der Waals surface area contributed by atoms with Gasteiger partial charge in [-0.15, -0.1) is 0 Å². The zero-order valence-electron chi connectivity index (χ0n) is 26.7. The molecule has 3 aromatic carbocycles. The molecule has 0 radical (unpaired) electrons. The van der Waals surface area contributed by atoms with Gasteiger partial charge < -0.3 is 32.8 Å². The highest BCUT2D eigenvalue weighted by Gasteiger charge is 2.50. The standard InChI is InChI=1S/C34H47NO9Si/c1-34(2,3)45(32-10-6-4-7-11-32,33-12-8-5-9-13-33)44-29-27-42-25-23-40-21-19-38-18-20-39-22-24-41-26-28-43-31-16-14-30(15-17-31)35(36)37/h4-17H,18-29H2,1-3H3. The highest BCUT2D eigenvalue weighted by molar-refractivity contribution is 6.99. The van der Waals surface area contributed by atoms with Gasteiger partial charge >= 0.3 is 0 Å². The summed E-state index contributed by atoms with van der Waals surface area (Å²) in [5.41, 5.74) is 0.0297. The van der Waals surface area contributed by atoms with Crippen LogP contribution in [0.1, 0.15) is 20.8 Å². The molecule has 0 aliphatic heterocycles. The maximum Gasteiger partial charge on any atom is 0.269 e. The maximum atomic E-state index is 10.7. The summed E-state index contributed by atoms with van der Waals surface area (Å²) >= 11 is 0. The Hall–Kier alpha value is -3.16. The van der Waals surface area contributed by atoms with Crippen LogP contribution in [-0.2, 0) is 28.1 Å². The fourth-order valence-electron chi connectivity index (χ4n) is 4.88. The lowest BCUT2D eigenvalue weighted by Gasteiger charge is -2.43. The molecule has 0 spiro atoms. The van der Waals surface area contributed by atoms with Crippen LogP contribution < -0.4 is 15.1 Å². The van der Waals surface area contributed by atoms with Crippen molar-refractivity contribution in [3.63, 3.8) is 0 Å². The van der Waals surface area contributed by atoms with Crippen molar-refractivity contribution >= 4 is 24.4 Å². The van der Waals surface area contributed by atoms with E-state index in [1.807, 2.05) is 12.1 Å². The topological polar surface area (TPSA) is 108 Å². The predicted octanol–water partition coefficient (Wildman–Crippen LogP) is 4.63. The number of nitro benzene ring substituents is 1. The summed E-state index contributed by atoms with van der Waals surface area (Å²) < 4.78 is 40.3. The van der Waals surface area contributed by atoms with Gasteiger partial charge in [-0.3, -0.25) is 10.1 Å². The Morgan fingerprint density at radius 1 is 0.556 bits per heavy atom. The third-order valence-corrected chi connectivity index (χ3v) is 12.0. The molecule has 0 saturated heterocycles. The second kappa shape index (κ2) is 20.1. The molecular formula is C34H47NO9Si. The summed E-state index contributed by atoms with van der Waals surface area (Å²) in [7, 11) is -2.54. The minimum atomic E-state index is -2.54. The second-order valence-corrected chi connectivity index (χ2v) is 15.5. The smallest absolute Gasteiger partial charge is 0.269 e. The molecule has 0 atom stereocenters. The first-order valence-corrected chi connectivity index (χ1v) is 17.3. The number of ether oxygens (including phenoxy) is 6. The molecular weight excluding hydrogens is 594 g/mol. The normalized spacial score (nSPS) is 11.9. The maximum absolute atomic E-state index is 10.7. The van der Waals surface area contributed by atoms with Crippen molar-refractivity contribution in [2.45, 2.75) is 25.8 Å². The number of benzene rings is 3. The largest absolute Gasteiger partial charge is 0.491 e. The highest BCUT2D eigenvalue weighted by Crippen LogP contribution is 2.36. The van der Waals surface area contributed by atoms with Crippen molar-refractivity contribution in [1.82, 2.24) is 0 Å². The number of hydrogen-bond acceptors (Lipinski definition) is 9. The van der Waals surface area contributed by atoms with Gasteiger partial charge in [0.15, 0.2) is 0 Å². The molecule has 0 amide bonds. The van der Waals surface area contributed by atoms with Crippen LogP contribution >= 0.6 is 0 Å². The Morgan fingerprint density at radius 3 is 1.31 bits per heavy atom. The molecule has 0 bridgehead atoms. The first-order chi connectivity index (χ1) is 21.8. The fourth-order valence-corrected chi connectivity index (χ4v) is 9.42. The molecule has 0 fully saturated rings. The van der Waals surface area contributed by atoms with E-state index in [2.05, 4.69) is 69.3 Å². The summed E-state index contributed by atoms with van der Waals surface area (Å²) in [6.07, 6.45) is 0. The van der Waals surface area contributed by atoms with Crippen molar-refractivity contribution in [2.75, 3.05) is 79.3 Å². The molecule has 45 heavy (non-hydrogen) atoms. The van der Waals surface area contributed by atoms with Gasteiger partial charge in [0, 0.05) is 12.1 Å². The van der Waals surface area contributed by atoms with E-state index in [0.717, 1.165) is 0 Å². The molecule has 0 heterocycles. The van der Waals surface area contributed by atoms with E-state index >= 15 is 0 Å². The quantitative estimate of drug-likeness (QED) is 0.0634. The third kappa shape index (κ3) is 12.3. The van der Waals surface area contributed by atoms with E-state index < -0.39 is 13.2 Å². The van der Waals surface area contributed by atoms with E-state index in [4.69, 9.17) is 32.8 Å². The van der Waals surface area contributed by atoms with Crippen LogP contribution in [0, 0.1) is 10.1 Å². The number of non-ortho nitro benzene ring substituents is 1. The van der Waals surface area contributed by atoms with Crippen LogP contribution in [0.4, 0.5) is 5.69 Å². The summed E-state index contributed by atoms with van der Waals surface area (Å²) in [5.74, 6) is 0.561. The minimum absolute atomic E-state index is 0.0297. The van der Waals surface area contributed by atoms with Gasteiger partial charge in [-0.1, -0.05) is 81.4 Å². The Labute approximate surface area is 267 Å². The molecule has 0 unspecified atom stereocenters. The van der Waals surface area contributed by atoms with Crippen LogP contribution in [0.25, 0.3) is 0 Å².